The fourth-order valence-corrected chi connectivity index (χ4v) is 4.60. The molecule has 0 heterocycles. The number of phenols is 1. The molecule has 5 rings (SSSR count). The van der Waals surface area contributed by atoms with Crippen LogP contribution in [0.1, 0.15) is 27.8 Å². The molecule has 4 aromatic carbocycles. The van der Waals surface area contributed by atoms with Gasteiger partial charge in [-0.3, -0.25) is 0 Å². The van der Waals surface area contributed by atoms with Crippen LogP contribution in [0.2, 0.25) is 0 Å². The van der Waals surface area contributed by atoms with Gasteiger partial charge in [0.2, 0.25) is 0 Å². The number of hydrogen-bond acceptors (Lipinski definition) is 2. The van der Waals surface area contributed by atoms with E-state index in [4.69, 9.17) is 0 Å². The Morgan fingerprint density at radius 3 is 1.54 bits per heavy atom. The Morgan fingerprint density at radius 2 is 1.04 bits per heavy atom. The Balaban J connectivity index is 1.91. The molecule has 0 amide bonds. The molecule has 0 unspecified atom stereocenters. The summed E-state index contributed by atoms with van der Waals surface area (Å²) in [5, 5.41) is 19.4. The molecule has 0 spiro atoms. The second-order valence-corrected chi connectivity index (χ2v) is 7.24. The summed E-state index contributed by atoms with van der Waals surface area (Å²) in [6.07, 6.45) is 0. The van der Waals surface area contributed by atoms with E-state index >= 15 is 0 Å². The molecule has 2 N–H and O–H groups in total. The number of aromatic hydroxyl groups is 1. The maximum absolute atomic E-state index is 9.89. The van der Waals surface area contributed by atoms with Gasteiger partial charge in [-0.2, -0.15) is 0 Å². The molecular weight excluding hydrogens is 344 g/mol. The molecule has 28 heavy (non-hydrogen) atoms. The van der Waals surface area contributed by atoms with Crippen LogP contribution in [-0.4, -0.2) is 10.2 Å². The highest BCUT2D eigenvalue weighted by Crippen LogP contribution is 2.55. The van der Waals surface area contributed by atoms with Crippen molar-refractivity contribution in [2.45, 2.75) is 12.0 Å². The van der Waals surface area contributed by atoms with Gasteiger partial charge >= 0.3 is 0 Å². The molecule has 0 aromatic heterocycles. The number of benzene rings is 4. The molecule has 2 nitrogen and oxygen atoms in total. The summed E-state index contributed by atoms with van der Waals surface area (Å²) in [5.41, 5.74) is 7.62. The van der Waals surface area contributed by atoms with E-state index in [0.29, 0.717) is 0 Å². The van der Waals surface area contributed by atoms with Gasteiger partial charge in [-0.1, -0.05) is 84.9 Å². The van der Waals surface area contributed by atoms with Crippen LogP contribution in [0.5, 0.6) is 5.75 Å². The highest BCUT2D eigenvalue weighted by Gasteiger charge is 2.45. The summed E-state index contributed by atoms with van der Waals surface area (Å²) >= 11 is 0. The van der Waals surface area contributed by atoms with Gasteiger partial charge in [-0.15, -0.1) is 0 Å². The van der Waals surface area contributed by atoms with Gasteiger partial charge in [0, 0.05) is 0 Å². The average Bonchev–Trinajstić information content (AvgIpc) is 3.06. The first-order valence-corrected chi connectivity index (χ1v) is 9.44. The quantitative estimate of drug-likeness (QED) is 0.459. The summed E-state index contributed by atoms with van der Waals surface area (Å²) in [6.45, 7) is 0.0274. The predicted molar refractivity (Wildman–Crippen MR) is 111 cm³/mol. The minimum atomic E-state index is -0.463. The van der Waals surface area contributed by atoms with Crippen molar-refractivity contribution < 1.29 is 10.2 Å². The zero-order chi connectivity index (χ0) is 19.1. The molecule has 4 aromatic rings. The number of aliphatic hydroxyl groups is 1. The third-order valence-electron chi connectivity index (χ3n) is 5.82. The van der Waals surface area contributed by atoms with E-state index in [1.165, 1.54) is 22.3 Å². The molecule has 2 heteroatoms. The summed E-state index contributed by atoms with van der Waals surface area (Å²) in [6, 6.07) is 32.8. The lowest BCUT2D eigenvalue weighted by atomic mass is 9.67. The molecule has 1 aliphatic rings. The van der Waals surface area contributed by atoms with Crippen LogP contribution >= 0.6 is 0 Å². The second-order valence-electron chi connectivity index (χ2n) is 7.24. The van der Waals surface area contributed by atoms with Crippen LogP contribution in [0, 0.1) is 0 Å². The van der Waals surface area contributed by atoms with Gasteiger partial charge in [-0.25, -0.2) is 0 Å². The molecular formula is C26H20O2. The van der Waals surface area contributed by atoms with E-state index in [1.54, 1.807) is 12.1 Å². The Hall–Kier alpha value is -3.36. The monoisotopic (exact) mass is 364 g/mol. The summed E-state index contributed by atoms with van der Waals surface area (Å²) in [4.78, 5) is 0. The van der Waals surface area contributed by atoms with Gasteiger partial charge in [-0.05, 0) is 51.1 Å². The Kier molecular flexibility index (Phi) is 3.81. The van der Waals surface area contributed by atoms with Crippen molar-refractivity contribution >= 4 is 0 Å². The SMILES string of the molecule is OCc1ccc(C2(c3ccc(O)cc3)c3ccccc3-c3ccccc32)cc1. The standard InChI is InChI=1S/C26H20O2/c27-17-18-9-11-19(12-10-18)26(20-13-15-21(28)16-14-20)24-7-3-1-5-22(24)23-6-2-4-8-25(23)26/h1-16,27-28H,17H2. The number of fused-ring (bicyclic) bond motifs is 3. The maximum Gasteiger partial charge on any atom is 0.115 e. The van der Waals surface area contributed by atoms with Crippen molar-refractivity contribution in [3.63, 3.8) is 0 Å². The lowest BCUT2D eigenvalue weighted by molar-refractivity contribution is 0.282. The normalized spacial score (nSPS) is 13.8. The van der Waals surface area contributed by atoms with E-state index in [2.05, 4.69) is 60.7 Å². The first-order chi connectivity index (χ1) is 13.7. The number of aliphatic hydroxyl groups excluding tert-OH is 1. The lowest BCUT2D eigenvalue weighted by Gasteiger charge is -2.34. The second kappa shape index (κ2) is 6.36. The fraction of sp³-hybridized carbons (Fsp3) is 0.0769. The zero-order valence-corrected chi connectivity index (χ0v) is 15.3. The molecule has 0 atom stereocenters. The first-order valence-electron chi connectivity index (χ1n) is 9.44. The predicted octanol–water partition coefficient (Wildman–Crippen LogP) is 5.25. The van der Waals surface area contributed by atoms with Crippen molar-refractivity contribution in [1.82, 2.24) is 0 Å². The summed E-state index contributed by atoms with van der Waals surface area (Å²) in [7, 11) is 0. The molecule has 0 saturated carbocycles. The smallest absolute Gasteiger partial charge is 0.115 e. The van der Waals surface area contributed by atoms with Crippen LogP contribution in [0.4, 0.5) is 0 Å². The molecule has 0 bridgehead atoms. The van der Waals surface area contributed by atoms with Gasteiger partial charge < -0.3 is 10.2 Å². The van der Waals surface area contributed by atoms with E-state index < -0.39 is 5.41 Å². The van der Waals surface area contributed by atoms with E-state index in [0.717, 1.165) is 16.7 Å². The minimum Gasteiger partial charge on any atom is -0.508 e. The first kappa shape index (κ1) is 16.8. The van der Waals surface area contributed by atoms with Gasteiger partial charge in [0.25, 0.3) is 0 Å². The van der Waals surface area contributed by atoms with Crippen molar-refractivity contribution in [3.05, 3.63) is 125 Å². The van der Waals surface area contributed by atoms with Crippen molar-refractivity contribution in [1.29, 1.82) is 0 Å². The highest BCUT2D eigenvalue weighted by molar-refractivity contribution is 5.86. The Labute approximate surface area is 164 Å². The molecule has 0 aliphatic heterocycles. The minimum absolute atomic E-state index is 0.0274. The summed E-state index contributed by atoms with van der Waals surface area (Å²) in [5.74, 6) is 0.258. The average molecular weight is 364 g/mol. The highest BCUT2D eigenvalue weighted by atomic mass is 16.3. The van der Waals surface area contributed by atoms with Gasteiger partial charge in [0.1, 0.15) is 5.75 Å². The Morgan fingerprint density at radius 1 is 0.571 bits per heavy atom. The molecule has 0 radical (unpaired) electrons. The largest absolute Gasteiger partial charge is 0.508 e. The van der Waals surface area contributed by atoms with Crippen molar-refractivity contribution in [2.75, 3.05) is 0 Å². The molecule has 0 fully saturated rings. The van der Waals surface area contributed by atoms with Crippen LogP contribution in [0.3, 0.4) is 0 Å². The fourth-order valence-electron chi connectivity index (χ4n) is 4.60. The Bertz CT molecular complexity index is 1100. The van der Waals surface area contributed by atoms with Crippen LogP contribution < -0.4 is 0 Å². The van der Waals surface area contributed by atoms with E-state index in [9.17, 15) is 10.2 Å². The van der Waals surface area contributed by atoms with Crippen LogP contribution in [-0.2, 0) is 12.0 Å². The van der Waals surface area contributed by atoms with Gasteiger partial charge in [0.05, 0.1) is 12.0 Å². The number of phenolic OH excluding ortho intramolecular Hbond substituents is 1. The number of hydrogen-bond donors (Lipinski definition) is 2. The molecule has 136 valence electrons. The van der Waals surface area contributed by atoms with E-state index in [1.807, 2.05) is 24.3 Å². The summed E-state index contributed by atoms with van der Waals surface area (Å²) < 4.78 is 0. The van der Waals surface area contributed by atoms with Gasteiger partial charge in [0.15, 0.2) is 0 Å². The van der Waals surface area contributed by atoms with Crippen molar-refractivity contribution in [3.8, 4) is 16.9 Å². The number of rotatable bonds is 3. The zero-order valence-electron chi connectivity index (χ0n) is 15.3. The molecule has 1 aliphatic carbocycles. The third-order valence-corrected chi connectivity index (χ3v) is 5.82. The van der Waals surface area contributed by atoms with Crippen LogP contribution in [0.15, 0.2) is 97.1 Å². The van der Waals surface area contributed by atoms with Crippen molar-refractivity contribution in [2.24, 2.45) is 0 Å². The third kappa shape index (κ3) is 2.25. The lowest BCUT2D eigenvalue weighted by Crippen LogP contribution is -2.28. The maximum atomic E-state index is 9.89. The topological polar surface area (TPSA) is 40.5 Å². The van der Waals surface area contributed by atoms with Crippen LogP contribution in [0.25, 0.3) is 11.1 Å². The molecule has 0 saturated heterocycles. The van der Waals surface area contributed by atoms with E-state index in [-0.39, 0.29) is 12.4 Å².